The number of pyridine rings is 1. The fourth-order valence-electron chi connectivity index (χ4n) is 4.72. The number of hydrogen-bond donors (Lipinski definition) is 1. The van der Waals surface area contributed by atoms with Crippen LogP contribution >= 0.6 is 11.3 Å². The van der Waals surface area contributed by atoms with Gasteiger partial charge in [0.25, 0.3) is 5.19 Å². The standard InChI is InChI=1S/C22H21N5O3S/c23-21(28)27-10-14-8-26(9-15(14)11-27)12-17-6-13-3-4-16(7-18(13)29-17)30-22-25-20-19(31-22)2-1-5-24-20/h1-7,14-15H,8-12H2,(H2,23,28). The summed E-state index contributed by atoms with van der Waals surface area (Å²) in [4.78, 5) is 24.2. The van der Waals surface area contributed by atoms with Crippen molar-refractivity contribution >= 4 is 38.7 Å². The van der Waals surface area contributed by atoms with E-state index in [2.05, 4.69) is 20.9 Å². The summed E-state index contributed by atoms with van der Waals surface area (Å²) in [5.41, 5.74) is 6.91. The van der Waals surface area contributed by atoms with Crippen molar-refractivity contribution in [3.05, 3.63) is 48.4 Å². The van der Waals surface area contributed by atoms with E-state index in [0.29, 0.717) is 28.4 Å². The molecular weight excluding hydrogens is 414 g/mol. The molecule has 0 bridgehead atoms. The number of rotatable bonds is 4. The molecular formula is C22H21N5O3S. The second-order valence-corrected chi connectivity index (χ2v) is 9.27. The first-order chi connectivity index (χ1) is 15.1. The highest BCUT2D eigenvalue weighted by molar-refractivity contribution is 7.20. The number of ether oxygens (including phenoxy) is 1. The van der Waals surface area contributed by atoms with Gasteiger partial charge in [-0.15, -0.1) is 0 Å². The molecule has 5 heterocycles. The monoisotopic (exact) mass is 435 g/mol. The topological polar surface area (TPSA) is 97.7 Å². The number of thiazole rings is 1. The van der Waals surface area contributed by atoms with Crippen LogP contribution in [0.4, 0.5) is 4.79 Å². The number of aromatic nitrogens is 2. The zero-order valence-electron chi connectivity index (χ0n) is 16.7. The predicted molar refractivity (Wildman–Crippen MR) is 117 cm³/mol. The molecule has 0 spiro atoms. The summed E-state index contributed by atoms with van der Waals surface area (Å²) in [5, 5.41) is 1.61. The van der Waals surface area contributed by atoms with Gasteiger partial charge in [-0.25, -0.2) is 9.78 Å². The minimum absolute atomic E-state index is 0.307. The Kier molecular flexibility index (Phi) is 4.32. The van der Waals surface area contributed by atoms with Gasteiger partial charge in [0.1, 0.15) is 17.1 Å². The van der Waals surface area contributed by atoms with Crippen molar-refractivity contribution in [1.82, 2.24) is 19.8 Å². The molecule has 6 rings (SSSR count). The average Bonchev–Trinajstić information content (AvgIpc) is 3.48. The lowest BCUT2D eigenvalue weighted by Crippen LogP contribution is -2.36. The van der Waals surface area contributed by atoms with Gasteiger partial charge >= 0.3 is 6.03 Å². The van der Waals surface area contributed by atoms with E-state index in [1.54, 1.807) is 11.1 Å². The predicted octanol–water partition coefficient (Wildman–Crippen LogP) is 3.67. The molecule has 2 unspecified atom stereocenters. The third-order valence-corrected chi connectivity index (χ3v) is 7.03. The maximum Gasteiger partial charge on any atom is 0.314 e. The summed E-state index contributed by atoms with van der Waals surface area (Å²) >= 11 is 1.47. The molecule has 8 nitrogen and oxygen atoms in total. The van der Waals surface area contributed by atoms with Crippen LogP contribution in [0.3, 0.4) is 0 Å². The van der Waals surface area contributed by atoms with Crippen LogP contribution in [0, 0.1) is 11.8 Å². The molecule has 2 aliphatic rings. The Bertz CT molecular complexity index is 1240. The second kappa shape index (κ2) is 7.21. The Morgan fingerprint density at radius 1 is 1.19 bits per heavy atom. The number of hydrogen-bond acceptors (Lipinski definition) is 7. The SMILES string of the molecule is NC(=O)N1CC2CN(Cc3cc4ccc(Oc5nc6ncccc6s5)cc4o3)CC2C1. The molecule has 0 aliphatic carbocycles. The summed E-state index contributed by atoms with van der Waals surface area (Å²) in [5.74, 6) is 2.62. The van der Waals surface area contributed by atoms with Crippen LogP contribution in [0.15, 0.2) is 47.0 Å². The number of likely N-dealkylation sites (tertiary alicyclic amines) is 2. The van der Waals surface area contributed by atoms with E-state index in [9.17, 15) is 4.79 Å². The zero-order valence-corrected chi connectivity index (χ0v) is 17.5. The van der Waals surface area contributed by atoms with Gasteiger partial charge in [-0.05, 0) is 42.2 Å². The number of nitrogens with zero attached hydrogens (tertiary/aromatic N) is 4. The van der Waals surface area contributed by atoms with Gasteiger partial charge in [-0.2, -0.15) is 4.98 Å². The molecule has 0 radical (unpaired) electrons. The normalized spacial score (nSPS) is 21.2. The molecule has 2 saturated heterocycles. The number of amides is 2. The van der Waals surface area contributed by atoms with Gasteiger partial charge in [-0.1, -0.05) is 11.3 Å². The van der Waals surface area contributed by atoms with Gasteiger partial charge in [0.05, 0.1) is 11.2 Å². The maximum atomic E-state index is 11.4. The van der Waals surface area contributed by atoms with Crippen molar-refractivity contribution in [1.29, 1.82) is 0 Å². The molecule has 4 aromatic rings. The van der Waals surface area contributed by atoms with E-state index in [0.717, 1.165) is 54.2 Å². The lowest BCUT2D eigenvalue weighted by Gasteiger charge is -2.19. The Labute approximate surface area is 182 Å². The van der Waals surface area contributed by atoms with Gasteiger partial charge < -0.3 is 19.8 Å². The smallest absolute Gasteiger partial charge is 0.314 e. The van der Waals surface area contributed by atoms with E-state index in [1.807, 2.05) is 30.3 Å². The van der Waals surface area contributed by atoms with E-state index in [-0.39, 0.29) is 6.03 Å². The van der Waals surface area contributed by atoms with Crippen LogP contribution in [0.25, 0.3) is 21.3 Å². The first-order valence-electron chi connectivity index (χ1n) is 10.3. The van der Waals surface area contributed by atoms with Crippen LogP contribution in [0.2, 0.25) is 0 Å². The van der Waals surface area contributed by atoms with E-state index < -0.39 is 0 Å². The number of benzene rings is 1. The van der Waals surface area contributed by atoms with Gasteiger partial charge in [-0.3, -0.25) is 4.90 Å². The van der Waals surface area contributed by atoms with E-state index >= 15 is 0 Å². The quantitative estimate of drug-likeness (QED) is 0.525. The lowest BCUT2D eigenvalue weighted by atomic mass is 10.0. The van der Waals surface area contributed by atoms with E-state index in [1.165, 1.54) is 11.3 Å². The van der Waals surface area contributed by atoms with Crippen molar-refractivity contribution in [2.75, 3.05) is 26.2 Å². The summed E-state index contributed by atoms with van der Waals surface area (Å²) < 4.78 is 13.1. The maximum absolute atomic E-state index is 11.4. The molecule has 158 valence electrons. The van der Waals surface area contributed by atoms with Crippen LogP contribution in [-0.2, 0) is 6.54 Å². The molecule has 2 N–H and O–H groups in total. The molecule has 0 saturated carbocycles. The minimum Gasteiger partial charge on any atom is -0.460 e. The Balaban J connectivity index is 1.15. The van der Waals surface area contributed by atoms with Crippen LogP contribution in [0.5, 0.6) is 10.9 Å². The first kappa shape index (κ1) is 18.6. The van der Waals surface area contributed by atoms with Crippen molar-refractivity contribution < 1.29 is 13.9 Å². The molecule has 31 heavy (non-hydrogen) atoms. The van der Waals surface area contributed by atoms with Crippen molar-refractivity contribution in [2.24, 2.45) is 17.6 Å². The number of nitrogens with two attached hydrogens (primary N) is 1. The van der Waals surface area contributed by atoms with Gasteiger partial charge in [0, 0.05) is 43.8 Å². The number of furan rings is 1. The molecule has 2 fully saturated rings. The third-order valence-electron chi connectivity index (χ3n) is 6.15. The molecule has 2 atom stereocenters. The van der Waals surface area contributed by atoms with Gasteiger partial charge in [0.15, 0.2) is 5.65 Å². The number of primary amides is 1. The Morgan fingerprint density at radius 3 is 2.81 bits per heavy atom. The van der Waals surface area contributed by atoms with Crippen molar-refractivity contribution in [3.8, 4) is 10.9 Å². The first-order valence-corrected chi connectivity index (χ1v) is 11.1. The second-order valence-electron chi connectivity index (χ2n) is 8.28. The zero-order chi connectivity index (χ0) is 20.9. The number of carbonyl (C=O) groups excluding carboxylic acids is 1. The Morgan fingerprint density at radius 2 is 2.03 bits per heavy atom. The van der Waals surface area contributed by atoms with Crippen molar-refractivity contribution in [2.45, 2.75) is 6.54 Å². The largest absolute Gasteiger partial charge is 0.460 e. The van der Waals surface area contributed by atoms with Crippen LogP contribution in [-0.4, -0.2) is 52.0 Å². The highest BCUT2D eigenvalue weighted by Crippen LogP contribution is 2.34. The molecule has 2 aliphatic heterocycles. The fraction of sp³-hybridized carbons (Fsp3) is 0.318. The minimum atomic E-state index is -0.307. The number of fused-ring (bicyclic) bond motifs is 3. The van der Waals surface area contributed by atoms with Crippen LogP contribution < -0.4 is 10.5 Å². The number of urea groups is 1. The molecule has 3 aromatic heterocycles. The highest BCUT2D eigenvalue weighted by Gasteiger charge is 2.41. The number of carbonyl (C=O) groups is 1. The summed E-state index contributed by atoms with van der Waals surface area (Å²) in [6, 6.07) is 11.5. The summed E-state index contributed by atoms with van der Waals surface area (Å²) in [7, 11) is 0. The fourth-order valence-corrected chi connectivity index (χ4v) is 5.52. The molecule has 1 aromatic carbocycles. The lowest BCUT2D eigenvalue weighted by molar-refractivity contribution is 0.206. The average molecular weight is 436 g/mol. The molecule has 9 heteroatoms. The molecule has 2 amide bonds. The summed E-state index contributed by atoms with van der Waals surface area (Å²) in [6.45, 7) is 4.21. The van der Waals surface area contributed by atoms with Crippen LogP contribution in [0.1, 0.15) is 5.76 Å². The summed E-state index contributed by atoms with van der Waals surface area (Å²) in [6.07, 6.45) is 1.73. The van der Waals surface area contributed by atoms with E-state index in [4.69, 9.17) is 14.9 Å². The highest BCUT2D eigenvalue weighted by atomic mass is 32.1. The Hall–Kier alpha value is -3.17. The third kappa shape index (κ3) is 3.49. The van der Waals surface area contributed by atoms with Gasteiger partial charge in [0.2, 0.25) is 0 Å². The van der Waals surface area contributed by atoms with Crippen molar-refractivity contribution in [3.63, 3.8) is 0 Å².